The minimum absolute atomic E-state index is 0.0189. The monoisotopic (exact) mass is 335 g/mol. The molecule has 1 fully saturated rings. The molecular formula is C16H22FN5O2. The van der Waals surface area contributed by atoms with E-state index in [4.69, 9.17) is 4.42 Å². The van der Waals surface area contributed by atoms with Crippen LogP contribution in [0.1, 0.15) is 17.7 Å². The topological polar surface area (TPSA) is 75.3 Å². The number of alkyl halides is 1. The first-order chi connectivity index (χ1) is 11.6. The Balaban J connectivity index is 1.47. The molecule has 1 aliphatic rings. The van der Waals surface area contributed by atoms with Crippen LogP contribution in [-0.4, -0.2) is 46.0 Å². The number of carbonyl (C=O) groups excluding carboxylic acids is 1. The Morgan fingerprint density at radius 2 is 2.33 bits per heavy atom. The van der Waals surface area contributed by atoms with Crippen LogP contribution in [0.5, 0.6) is 0 Å². The summed E-state index contributed by atoms with van der Waals surface area (Å²) in [6.45, 7) is 1.82. The molecule has 0 aromatic carbocycles. The number of nitrogens with zero attached hydrogens (tertiary/aromatic N) is 3. The van der Waals surface area contributed by atoms with Crippen LogP contribution in [0.25, 0.3) is 0 Å². The van der Waals surface area contributed by atoms with Crippen molar-refractivity contribution in [2.45, 2.75) is 31.7 Å². The highest BCUT2D eigenvalue weighted by atomic mass is 19.1. The van der Waals surface area contributed by atoms with Crippen molar-refractivity contribution in [2.75, 3.05) is 13.1 Å². The zero-order valence-corrected chi connectivity index (χ0v) is 13.6. The second kappa shape index (κ2) is 7.48. The smallest absolute Gasteiger partial charge is 0.315 e. The van der Waals surface area contributed by atoms with Crippen LogP contribution < -0.4 is 10.6 Å². The summed E-state index contributed by atoms with van der Waals surface area (Å²) in [5, 5.41) is 9.71. The van der Waals surface area contributed by atoms with Gasteiger partial charge in [-0.05, 0) is 18.6 Å². The fourth-order valence-electron chi connectivity index (χ4n) is 2.94. The summed E-state index contributed by atoms with van der Waals surface area (Å²) in [6.07, 6.45) is 4.44. The summed E-state index contributed by atoms with van der Waals surface area (Å²) in [4.78, 5) is 13.9. The lowest BCUT2D eigenvalue weighted by molar-refractivity contribution is 0.215. The lowest BCUT2D eigenvalue weighted by Gasteiger charge is -2.24. The van der Waals surface area contributed by atoms with E-state index in [1.54, 1.807) is 29.5 Å². The normalized spacial score (nSPS) is 21.1. The van der Waals surface area contributed by atoms with Crippen LogP contribution in [0.3, 0.4) is 0 Å². The minimum atomic E-state index is -0.862. The average Bonchev–Trinajstić information content (AvgIpc) is 3.27. The number of furan rings is 1. The minimum Gasteiger partial charge on any atom is -0.472 e. The second-order valence-electron chi connectivity index (χ2n) is 6.06. The third-order valence-electron chi connectivity index (χ3n) is 4.30. The molecule has 2 aromatic rings. The van der Waals surface area contributed by atoms with Gasteiger partial charge in [0.15, 0.2) is 0 Å². The van der Waals surface area contributed by atoms with Crippen LogP contribution in [0.4, 0.5) is 9.18 Å². The Hall–Kier alpha value is -2.35. The highest BCUT2D eigenvalue weighted by Crippen LogP contribution is 2.22. The number of hydrogen-bond acceptors (Lipinski definition) is 4. The van der Waals surface area contributed by atoms with Crippen molar-refractivity contribution in [3.8, 4) is 0 Å². The molecule has 0 saturated carbocycles. The van der Waals surface area contributed by atoms with E-state index >= 15 is 0 Å². The van der Waals surface area contributed by atoms with Gasteiger partial charge in [-0.2, -0.15) is 5.10 Å². The van der Waals surface area contributed by atoms with Gasteiger partial charge in [-0.1, -0.05) is 0 Å². The number of aryl methyl sites for hydroxylation is 1. The van der Waals surface area contributed by atoms with E-state index in [1.165, 1.54) is 0 Å². The first-order valence-electron chi connectivity index (χ1n) is 7.99. The summed E-state index contributed by atoms with van der Waals surface area (Å²) < 4.78 is 20.5. The van der Waals surface area contributed by atoms with Gasteiger partial charge in [0.1, 0.15) is 6.17 Å². The molecule has 2 atom stereocenters. The molecule has 3 heterocycles. The van der Waals surface area contributed by atoms with Gasteiger partial charge in [-0.3, -0.25) is 9.58 Å². The molecule has 0 spiro atoms. The summed E-state index contributed by atoms with van der Waals surface area (Å²) in [6, 6.07) is 3.43. The van der Waals surface area contributed by atoms with E-state index in [-0.39, 0.29) is 12.1 Å². The van der Waals surface area contributed by atoms with Gasteiger partial charge in [-0.15, -0.1) is 0 Å². The third kappa shape index (κ3) is 4.14. The zero-order chi connectivity index (χ0) is 16.9. The van der Waals surface area contributed by atoms with Crippen molar-refractivity contribution in [3.63, 3.8) is 0 Å². The molecule has 0 aliphatic carbocycles. The molecule has 24 heavy (non-hydrogen) atoms. The summed E-state index contributed by atoms with van der Waals surface area (Å²) in [5.74, 6) is 0. The standard InChI is InChI=1S/C16H22FN5O2/c1-21-14(2-4-20-21)10-22-9-13(17)6-15(22)8-19-16(23)18-7-12-3-5-24-11-12/h2-5,11,13,15H,6-10H2,1H3,(H2,18,19,23)/t13-,15-/m0/s1. The molecule has 1 saturated heterocycles. The highest BCUT2D eigenvalue weighted by molar-refractivity contribution is 5.73. The molecular weight excluding hydrogens is 313 g/mol. The largest absolute Gasteiger partial charge is 0.472 e. The van der Waals surface area contributed by atoms with Crippen molar-refractivity contribution in [2.24, 2.45) is 7.05 Å². The molecule has 3 rings (SSSR count). The van der Waals surface area contributed by atoms with E-state index in [9.17, 15) is 9.18 Å². The highest BCUT2D eigenvalue weighted by Gasteiger charge is 2.32. The summed E-state index contributed by atoms with van der Waals surface area (Å²) >= 11 is 0. The molecule has 2 amide bonds. The number of likely N-dealkylation sites (tertiary alicyclic amines) is 1. The predicted octanol–water partition coefficient (Wildman–Crippen LogP) is 1.42. The Morgan fingerprint density at radius 3 is 3.04 bits per heavy atom. The number of rotatable bonds is 6. The van der Waals surface area contributed by atoms with Crippen molar-refractivity contribution in [1.82, 2.24) is 25.3 Å². The van der Waals surface area contributed by atoms with Crippen molar-refractivity contribution >= 4 is 6.03 Å². The molecule has 130 valence electrons. The van der Waals surface area contributed by atoms with Gasteiger partial charge >= 0.3 is 6.03 Å². The number of aromatic nitrogens is 2. The van der Waals surface area contributed by atoms with Crippen LogP contribution in [-0.2, 0) is 20.1 Å². The maximum Gasteiger partial charge on any atom is 0.315 e. The van der Waals surface area contributed by atoms with Gasteiger partial charge in [0, 0.05) is 51.0 Å². The third-order valence-corrected chi connectivity index (χ3v) is 4.30. The van der Waals surface area contributed by atoms with E-state index in [2.05, 4.69) is 20.6 Å². The number of halogens is 1. The van der Waals surface area contributed by atoms with Crippen molar-refractivity contribution in [3.05, 3.63) is 42.1 Å². The summed E-state index contributed by atoms with van der Waals surface area (Å²) in [5.41, 5.74) is 1.92. The number of amides is 2. The second-order valence-corrected chi connectivity index (χ2v) is 6.06. The van der Waals surface area contributed by atoms with Crippen LogP contribution in [0.2, 0.25) is 0 Å². The zero-order valence-electron chi connectivity index (χ0n) is 13.6. The van der Waals surface area contributed by atoms with Crippen molar-refractivity contribution < 1.29 is 13.6 Å². The Morgan fingerprint density at radius 1 is 1.46 bits per heavy atom. The van der Waals surface area contributed by atoms with E-state index in [1.807, 2.05) is 13.1 Å². The maximum absolute atomic E-state index is 13.8. The van der Waals surface area contributed by atoms with E-state index < -0.39 is 6.17 Å². The number of hydrogen-bond donors (Lipinski definition) is 2. The molecule has 7 nitrogen and oxygen atoms in total. The lowest BCUT2D eigenvalue weighted by Crippen LogP contribution is -2.43. The molecule has 1 aliphatic heterocycles. The van der Waals surface area contributed by atoms with Gasteiger partial charge in [0.05, 0.1) is 18.2 Å². The van der Waals surface area contributed by atoms with E-state index in [0.717, 1.165) is 11.3 Å². The molecule has 2 N–H and O–H groups in total. The SMILES string of the molecule is Cn1nccc1CN1C[C@@H](F)C[C@H]1CNC(=O)NCc1ccoc1. The average molecular weight is 335 g/mol. The number of carbonyl (C=O) groups is 1. The van der Waals surface area contributed by atoms with Gasteiger partial charge in [0.25, 0.3) is 0 Å². The quantitative estimate of drug-likeness (QED) is 0.837. The van der Waals surface area contributed by atoms with Gasteiger partial charge in [-0.25, -0.2) is 9.18 Å². The summed E-state index contributed by atoms with van der Waals surface area (Å²) in [7, 11) is 1.87. The fraction of sp³-hybridized carbons (Fsp3) is 0.500. The van der Waals surface area contributed by atoms with Crippen LogP contribution in [0, 0.1) is 0 Å². The van der Waals surface area contributed by atoms with E-state index in [0.29, 0.717) is 32.6 Å². The molecule has 0 unspecified atom stereocenters. The Labute approximate surface area is 139 Å². The molecule has 0 bridgehead atoms. The van der Waals surface area contributed by atoms with Crippen LogP contribution >= 0.6 is 0 Å². The van der Waals surface area contributed by atoms with Gasteiger partial charge < -0.3 is 15.1 Å². The number of nitrogens with one attached hydrogen (secondary N) is 2. The first-order valence-corrected chi connectivity index (χ1v) is 7.99. The Kier molecular flexibility index (Phi) is 5.14. The maximum atomic E-state index is 13.8. The van der Waals surface area contributed by atoms with Crippen molar-refractivity contribution in [1.29, 1.82) is 0 Å². The first kappa shape index (κ1) is 16.5. The number of urea groups is 1. The molecule has 2 aromatic heterocycles. The molecule has 8 heteroatoms. The lowest BCUT2D eigenvalue weighted by atomic mass is 10.2. The predicted molar refractivity (Wildman–Crippen MR) is 85.9 cm³/mol. The Bertz CT molecular complexity index is 657. The van der Waals surface area contributed by atoms with Crippen LogP contribution in [0.15, 0.2) is 35.3 Å². The van der Waals surface area contributed by atoms with Gasteiger partial charge in [0.2, 0.25) is 0 Å². The fourth-order valence-corrected chi connectivity index (χ4v) is 2.94. The molecule has 0 radical (unpaired) electrons.